The van der Waals surface area contributed by atoms with E-state index in [1.165, 1.54) is 36.8 Å². The van der Waals surface area contributed by atoms with Crippen molar-refractivity contribution in [1.82, 2.24) is 9.13 Å². The fourth-order valence-electron chi connectivity index (χ4n) is 5.04. The zero-order valence-electron chi connectivity index (χ0n) is 17.4. The highest BCUT2D eigenvalue weighted by Gasteiger charge is 2.58. The topological polar surface area (TPSA) is 6.48 Å². The Hall–Kier alpha value is -0.433. The highest BCUT2D eigenvalue weighted by Crippen LogP contribution is 2.45. The Morgan fingerprint density at radius 3 is 1.70 bits per heavy atom. The summed E-state index contributed by atoms with van der Waals surface area (Å²) in [6.07, 6.45) is 9.60. The summed E-state index contributed by atoms with van der Waals surface area (Å²) in [5, 5.41) is 0. The van der Waals surface area contributed by atoms with Gasteiger partial charge in [0.1, 0.15) is 0 Å². The van der Waals surface area contributed by atoms with Crippen LogP contribution in [0.3, 0.4) is 0 Å². The molecular weight excluding hydrogens is 540 g/mol. The Labute approximate surface area is 203 Å². The van der Waals surface area contributed by atoms with Gasteiger partial charge in [0.15, 0.2) is 0 Å². The Morgan fingerprint density at radius 2 is 1.30 bits per heavy atom. The summed E-state index contributed by atoms with van der Waals surface area (Å²) in [6, 6.07) is 19.6. The van der Waals surface area contributed by atoms with Crippen molar-refractivity contribution >= 4 is 50.6 Å². The van der Waals surface area contributed by atoms with Crippen molar-refractivity contribution in [3.63, 3.8) is 0 Å². The first-order valence-corrected chi connectivity index (χ1v) is 15.5. The molecule has 0 spiro atoms. The summed E-state index contributed by atoms with van der Waals surface area (Å²) < 4.78 is 7.70. The summed E-state index contributed by atoms with van der Waals surface area (Å²) in [4.78, 5) is 0. The minimum atomic E-state index is -2.36. The van der Waals surface area contributed by atoms with Gasteiger partial charge in [0.2, 0.25) is 0 Å². The molecule has 1 saturated heterocycles. The number of rotatable bonds is 6. The van der Waals surface area contributed by atoms with E-state index in [0.717, 1.165) is 28.1 Å². The number of nitrogens with zero attached hydrogens (tertiary/aromatic N) is 2. The minimum absolute atomic E-state index is 0.562. The number of allylic oxidation sites excluding steroid dienone is 2. The lowest BCUT2D eigenvalue weighted by atomic mass is 9.90. The van der Waals surface area contributed by atoms with Crippen LogP contribution in [-0.2, 0) is 13.1 Å². The predicted octanol–water partition coefficient (Wildman–Crippen LogP) is 7.59. The van der Waals surface area contributed by atoms with Crippen LogP contribution < -0.4 is 0 Å². The van der Waals surface area contributed by atoms with Crippen molar-refractivity contribution < 1.29 is 0 Å². The van der Waals surface area contributed by atoms with Crippen molar-refractivity contribution in [2.75, 3.05) is 0 Å². The smallest absolute Gasteiger partial charge is 0.291 e. The molecule has 30 heavy (non-hydrogen) atoms. The van der Waals surface area contributed by atoms with E-state index in [9.17, 15) is 0 Å². The molecule has 2 aromatic carbocycles. The number of hydrogen-bond acceptors (Lipinski definition) is 2. The minimum Gasteiger partial charge on any atom is -0.291 e. The number of benzene rings is 2. The van der Waals surface area contributed by atoms with Crippen LogP contribution in [-0.4, -0.2) is 28.9 Å². The molecule has 0 radical (unpaired) electrons. The van der Waals surface area contributed by atoms with Gasteiger partial charge in [-0.15, -0.1) is 11.1 Å². The molecule has 0 N–H and O–H groups in total. The lowest BCUT2D eigenvalue weighted by Gasteiger charge is -2.37. The van der Waals surface area contributed by atoms with E-state index in [-0.39, 0.29) is 0 Å². The SMILES string of the molecule is CC=CC[Si]1(Cl)N(Cc2ccc(Br)cc2)C2CCCCC2N1Cc1ccc(Br)cc1. The van der Waals surface area contributed by atoms with Crippen LogP contribution in [0.5, 0.6) is 0 Å². The summed E-state index contributed by atoms with van der Waals surface area (Å²) in [6.45, 7) is 3.99. The Balaban J connectivity index is 1.69. The molecule has 6 heteroatoms. The van der Waals surface area contributed by atoms with Crippen molar-refractivity contribution in [3.8, 4) is 0 Å². The van der Waals surface area contributed by atoms with E-state index >= 15 is 0 Å². The number of hydrogen-bond donors (Lipinski definition) is 0. The second kappa shape index (κ2) is 10.0. The van der Waals surface area contributed by atoms with Gasteiger partial charge >= 0.3 is 7.71 Å². The van der Waals surface area contributed by atoms with E-state index in [1.54, 1.807) is 0 Å². The molecule has 2 atom stereocenters. The molecule has 160 valence electrons. The fourth-order valence-corrected chi connectivity index (χ4v) is 10.8. The molecule has 2 aromatic rings. The number of halogens is 3. The van der Waals surface area contributed by atoms with Crippen LogP contribution >= 0.6 is 42.9 Å². The molecule has 0 amide bonds. The average Bonchev–Trinajstić information content (AvgIpc) is 2.98. The zero-order valence-corrected chi connectivity index (χ0v) is 22.3. The normalized spacial score (nSPS) is 27.6. The second-order valence-electron chi connectivity index (χ2n) is 8.42. The summed E-state index contributed by atoms with van der Waals surface area (Å²) in [5.74, 6) is 0. The van der Waals surface area contributed by atoms with Crippen molar-refractivity contribution in [3.05, 3.63) is 80.8 Å². The summed E-state index contributed by atoms with van der Waals surface area (Å²) in [7, 11) is -2.36. The molecule has 2 fully saturated rings. The molecule has 4 rings (SSSR count). The van der Waals surface area contributed by atoms with Crippen LogP contribution in [0.25, 0.3) is 0 Å². The third-order valence-corrected chi connectivity index (χ3v) is 12.8. The molecule has 0 aromatic heterocycles. The Kier molecular flexibility index (Phi) is 7.59. The maximum Gasteiger partial charge on any atom is 0.312 e. The van der Waals surface area contributed by atoms with Crippen LogP contribution in [0.4, 0.5) is 0 Å². The van der Waals surface area contributed by atoms with Gasteiger partial charge in [-0.05, 0) is 55.2 Å². The molecule has 2 nitrogen and oxygen atoms in total. The first-order valence-electron chi connectivity index (χ1n) is 10.8. The van der Waals surface area contributed by atoms with Crippen LogP contribution in [0, 0.1) is 0 Å². The summed E-state index contributed by atoms with van der Waals surface area (Å²) >= 11 is 14.9. The molecule has 2 aliphatic rings. The highest BCUT2D eigenvalue weighted by atomic mass is 79.9. The second-order valence-corrected chi connectivity index (χ2v) is 15.1. The van der Waals surface area contributed by atoms with Crippen LogP contribution in [0.2, 0.25) is 6.04 Å². The van der Waals surface area contributed by atoms with E-state index in [2.05, 4.69) is 109 Å². The Bertz CT molecular complexity index is 808. The van der Waals surface area contributed by atoms with Crippen molar-refractivity contribution in [2.24, 2.45) is 0 Å². The maximum absolute atomic E-state index is 7.74. The van der Waals surface area contributed by atoms with Gasteiger partial charge in [0.05, 0.1) is 0 Å². The third-order valence-electron chi connectivity index (χ3n) is 6.52. The molecular formula is C24H29Br2ClN2Si. The van der Waals surface area contributed by atoms with Crippen LogP contribution in [0.1, 0.15) is 43.7 Å². The summed E-state index contributed by atoms with van der Waals surface area (Å²) in [5.41, 5.74) is 2.71. The number of fused-ring (bicyclic) bond motifs is 1. The lowest BCUT2D eigenvalue weighted by Crippen LogP contribution is -2.55. The van der Waals surface area contributed by atoms with Gasteiger partial charge in [0, 0.05) is 40.2 Å². The van der Waals surface area contributed by atoms with Gasteiger partial charge in [-0.25, -0.2) is 0 Å². The van der Waals surface area contributed by atoms with E-state index < -0.39 is 7.71 Å². The van der Waals surface area contributed by atoms with Crippen LogP contribution in [0.15, 0.2) is 69.6 Å². The Morgan fingerprint density at radius 1 is 0.867 bits per heavy atom. The standard InChI is InChI=1S/C24H29Br2ClN2Si/c1-2-3-16-30(27)28(17-19-8-12-21(25)13-9-19)23-6-4-5-7-24(23)29(30)18-20-10-14-22(26)15-11-20/h2-3,8-15,23-24H,4-7,16-18H2,1H3. The van der Waals surface area contributed by atoms with Gasteiger partial charge in [0.25, 0.3) is 0 Å². The largest absolute Gasteiger partial charge is 0.312 e. The van der Waals surface area contributed by atoms with Gasteiger partial charge in [-0.2, -0.15) is 0 Å². The predicted molar refractivity (Wildman–Crippen MR) is 137 cm³/mol. The van der Waals surface area contributed by atoms with Crippen molar-refractivity contribution in [2.45, 2.75) is 63.8 Å². The maximum atomic E-state index is 7.74. The first-order chi connectivity index (χ1) is 14.5. The molecule has 1 saturated carbocycles. The first kappa shape index (κ1) is 22.7. The molecule has 1 aliphatic heterocycles. The molecule has 2 unspecified atom stereocenters. The molecule has 0 bridgehead atoms. The zero-order chi connectivity index (χ0) is 21.1. The van der Waals surface area contributed by atoms with Gasteiger partial charge in [-0.3, -0.25) is 9.13 Å². The van der Waals surface area contributed by atoms with E-state index in [4.69, 9.17) is 11.1 Å². The van der Waals surface area contributed by atoms with E-state index in [0.29, 0.717) is 12.1 Å². The van der Waals surface area contributed by atoms with Crippen molar-refractivity contribution in [1.29, 1.82) is 0 Å². The third kappa shape index (κ3) is 4.82. The average molecular weight is 569 g/mol. The lowest BCUT2D eigenvalue weighted by molar-refractivity contribution is 0.197. The van der Waals surface area contributed by atoms with E-state index in [1.807, 2.05) is 0 Å². The molecule has 1 aliphatic carbocycles. The van der Waals surface area contributed by atoms with Gasteiger partial charge < -0.3 is 0 Å². The monoisotopic (exact) mass is 566 g/mol. The molecule has 1 heterocycles. The quantitative estimate of drug-likeness (QED) is 0.201. The highest BCUT2D eigenvalue weighted by molar-refractivity contribution is 9.10. The van der Waals surface area contributed by atoms with Gasteiger partial charge in [-0.1, -0.05) is 81.1 Å². The fraction of sp³-hybridized carbons (Fsp3) is 0.417.